The Morgan fingerprint density at radius 3 is 2.35 bits per heavy atom. The van der Waals surface area contributed by atoms with Crippen LogP contribution < -0.4 is 0 Å². The highest BCUT2D eigenvalue weighted by atomic mass is 19.1. The van der Waals surface area contributed by atoms with Gasteiger partial charge in [-0.3, -0.25) is 10.1 Å². The number of rotatable bonds is 3. The van der Waals surface area contributed by atoms with Crippen LogP contribution in [0.25, 0.3) is 6.08 Å². The first kappa shape index (κ1) is 14.6. The molecule has 0 N–H and O–H groups in total. The summed E-state index contributed by atoms with van der Waals surface area (Å²) < 4.78 is 17.9. The highest BCUT2D eigenvalue weighted by Crippen LogP contribution is 2.20. The van der Waals surface area contributed by atoms with E-state index in [2.05, 4.69) is 4.99 Å². The fraction of sp³-hybridized carbons (Fsp3) is 0. The first-order valence-electron chi connectivity index (χ1n) is 6.56. The van der Waals surface area contributed by atoms with Crippen molar-refractivity contribution < 1.29 is 18.8 Å². The largest absolute Gasteiger partial charge is 0.402 e. The summed E-state index contributed by atoms with van der Waals surface area (Å²) in [7, 11) is 0. The highest BCUT2D eigenvalue weighted by Gasteiger charge is 2.24. The van der Waals surface area contributed by atoms with Crippen molar-refractivity contribution in [1.29, 1.82) is 0 Å². The van der Waals surface area contributed by atoms with Crippen LogP contribution in [0.5, 0.6) is 0 Å². The molecular formula is C16H9FN2O4. The van der Waals surface area contributed by atoms with Crippen molar-refractivity contribution in [2.75, 3.05) is 0 Å². The van der Waals surface area contributed by atoms with Gasteiger partial charge in [-0.15, -0.1) is 0 Å². The van der Waals surface area contributed by atoms with Crippen molar-refractivity contribution in [3.8, 4) is 0 Å². The minimum absolute atomic E-state index is 0.0678. The van der Waals surface area contributed by atoms with Crippen LogP contribution in [0.4, 0.5) is 10.1 Å². The van der Waals surface area contributed by atoms with E-state index in [1.165, 1.54) is 54.6 Å². The van der Waals surface area contributed by atoms with E-state index in [9.17, 15) is 19.3 Å². The Balaban J connectivity index is 1.88. The van der Waals surface area contributed by atoms with Crippen LogP contribution in [0, 0.1) is 15.9 Å². The van der Waals surface area contributed by atoms with E-state index in [0.717, 1.165) is 0 Å². The molecule has 7 heteroatoms. The number of nitrogens with zero attached hydrogens (tertiary/aromatic N) is 2. The number of carbonyl (C=O) groups is 1. The van der Waals surface area contributed by atoms with Crippen molar-refractivity contribution >= 4 is 23.6 Å². The summed E-state index contributed by atoms with van der Waals surface area (Å²) in [4.78, 5) is 26.0. The van der Waals surface area contributed by atoms with E-state index < -0.39 is 10.9 Å². The molecule has 2 aromatic carbocycles. The highest BCUT2D eigenvalue weighted by molar-refractivity contribution is 6.12. The van der Waals surface area contributed by atoms with E-state index in [0.29, 0.717) is 11.1 Å². The van der Waals surface area contributed by atoms with Gasteiger partial charge in [-0.2, -0.15) is 0 Å². The molecule has 1 heterocycles. The summed E-state index contributed by atoms with van der Waals surface area (Å²) in [6.45, 7) is 0. The zero-order chi connectivity index (χ0) is 16.4. The van der Waals surface area contributed by atoms with Crippen LogP contribution in [0.15, 0.2) is 59.2 Å². The number of benzene rings is 2. The summed E-state index contributed by atoms with van der Waals surface area (Å²) in [6, 6.07) is 11.1. The van der Waals surface area contributed by atoms with Gasteiger partial charge in [0.25, 0.3) is 5.69 Å². The number of carbonyl (C=O) groups excluding carboxylic acids is 1. The second-order valence-corrected chi connectivity index (χ2v) is 4.69. The fourth-order valence-corrected chi connectivity index (χ4v) is 1.98. The third-order valence-electron chi connectivity index (χ3n) is 3.12. The number of nitro groups is 1. The van der Waals surface area contributed by atoms with Crippen LogP contribution >= 0.6 is 0 Å². The molecule has 1 aliphatic heterocycles. The molecule has 0 radical (unpaired) electrons. The van der Waals surface area contributed by atoms with Crippen molar-refractivity contribution in [2.45, 2.75) is 0 Å². The van der Waals surface area contributed by atoms with E-state index in [1.54, 1.807) is 0 Å². The SMILES string of the molecule is O=C1OC(c2ccc([N+](=O)[O-])cc2)=NC1=Cc1ccc(F)cc1. The molecule has 0 atom stereocenters. The predicted octanol–water partition coefficient (Wildman–Crippen LogP) is 3.08. The average molecular weight is 312 g/mol. The van der Waals surface area contributed by atoms with Gasteiger partial charge in [-0.1, -0.05) is 12.1 Å². The summed E-state index contributed by atoms with van der Waals surface area (Å²) in [6.07, 6.45) is 1.47. The lowest BCUT2D eigenvalue weighted by Crippen LogP contribution is -2.05. The molecule has 3 rings (SSSR count). The molecule has 0 bridgehead atoms. The van der Waals surface area contributed by atoms with Crippen LogP contribution in [0.2, 0.25) is 0 Å². The van der Waals surface area contributed by atoms with Crippen LogP contribution in [-0.2, 0) is 9.53 Å². The van der Waals surface area contributed by atoms with Gasteiger partial charge in [0.2, 0.25) is 5.90 Å². The Bertz CT molecular complexity index is 839. The Hall–Kier alpha value is -3.35. The van der Waals surface area contributed by atoms with Gasteiger partial charge in [0.1, 0.15) is 5.82 Å². The standard InChI is InChI=1S/C16H9FN2O4/c17-12-5-1-10(2-6-12)9-14-16(20)23-15(18-14)11-3-7-13(8-4-11)19(21)22/h1-9H. The van der Waals surface area contributed by atoms with Gasteiger partial charge in [0.05, 0.1) is 4.92 Å². The number of hydrogen-bond donors (Lipinski definition) is 0. The molecule has 0 fully saturated rings. The van der Waals surface area contributed by atoms with Crippen LogP contribution in [-0.4, -0.2) is 16.8 Å². The first-order valence-corrected chi connectivity index (χ1v) is 6.56. The molecule has 0 saturated heterocycles. The molecule has 0 aromatic heterocycles. The van der Waals surface area contributed by atoms with Crippen molar-refractivity contribution in [2.24, 2.45) is 4.99 Å². The summed E-state index contributed by atoms with van der Waals surface area (Å²) in [5.41, 5.74) is 1.06. The van der Waals surface area contributed by atoms with E-state index >= 15 is 0 Å². The van der Waals surface area contributed by atoms with Gasteiger partial charge in [0.15, 0.2) is 5.70 Å². The van der Waals surface area contributed by atoms with Crippen LogP contribution in [0.1, 0.15) is 11.1 Å². The molecule has 0 spiro atoms. The Kier molecular flexibility index (Phi) is 3.68. The lowest BCUT2D eigenvalue weighted by molar-refractivity contribution is -0.384. The topological polar surface area (TPSA) is 81.8 Å². The maximum Gasteiger partial charge on any atom is 0.363 e. The lowest BCUT2D eigenvalue weighted by atomic mass is 10.2. The fourth-order valence-electron chi connectivity index (χ4n) is 1.98. The molecule has 0 amide bonds. The lowest BCUT2D eigenvalue weighted by Gasteiger charge is -1.98. The number of nitro benzene ring substituents is 1. The molecule has 23 heavy (non-hydrogen) atoms. The summed E-state index contributed by atoms with van der Waals surface area (Å²) >= 11 is 0. The second kappa shape index (κ2) is 5.80. The maximum atomic E-state index is 12.9. The van der Waals surface area contributed by atoms with Crippen molar-refractivity contribution in [3.05, 3.63) is 81.3 Å². The number of aliphatic imine (C=N–C) groups is 1. The Morgan fingerprint density at radius 1 is 1.09 bits per heavy atom. The minimum Gasteiger partial charge on any atom is -0.402 e. The molecule has 2 aromatic rings. The molecule has 0 saturated carbocycles. The van der Waals surface area contributed by atoms with Gasteiger partial charge in [0, 0.05) is 17.7 Å². The quantitative estimate of drug-likeness (QED) is 0.377. The number of ether oxygens (including phenoxy) is 1. The smallest absolute Gasteiger partial charge is 0.363 e. The second-order valence-electron chi connectivity index (χ2n) is 4.69. The van der Waals surface area contributed by atoms with Crippen molar-refractivity contribution in [3.63, 3.8) is 0 Å². The number of cyclic esters (lactones) is 1. The summed E-state index contributed by atoms with van der Waals surface area (Å²) in [5, 5.41) is 10.6. The molecule has 0 unspecified atom stereocenters. The average Bonchev–Trinajstić information content (AvgIpc) is 2.91. The molecule has 1 aliphatic rings. The number of non-ortho nitro benzene ring substituents is 1. The normalized spacial score (nSPS) is 15.4. The number of hydrogen-bond acceptors (Lipinski definition) is 5. The number of halogens is 1. The molecule has 6 nitrogen and oxygen atoms in total. The zero-order valence-electron chi connectivity index (χ0n) is 11.6. The van der Waals surface area contributed by atoms with E-state index in [-0.39, 0.29) is 23.1 Å². The molecular weight excluding hydrogens is 303 g/mol. The Labute approximate surface area is 129 Å². The zero-order valence-corrected chi connectivity index (χ0v) is 11.6. The summed E-state index contributed by atoms with van der Waals surface area (Å²) in [5.74, 6) is -0.947. The van der Waals surface area contributed by atoms with Gasteiger partial charge in [-0.05, 0) is 35.9 Å². The Morgan fingerprint density at radius 2 is 1.74 bits per heavy atom. The third-order valence-corrected chi connectivity index (χ3v) is 3.12. The molecule has 0 aliphatic carbocycles. The maximum absolute atomic E-state index is 12.9. The first-order chi connectivity index (χ1) is 11.0. The van der Waals surface area contributed by atoms with Gasteiger partial charge < -0.3 is 4.74 Å². The van der Waals surface area contributed by atoms with Crippen molar-refractivity contribution in [1.82, 2.24) is 0 Å². The molecule has 114 valence electrons. The van der Waals surface area contributed by atoms with Crippen LogP contribution in [0.3, 0.4) is 0 Å². The van der Waals surface area contributed by atoms with Gasteiger partial charge >= 0.3 is 5.97 Å². The predicted molar refractivity (Wildman–Crippen MR) is 80.1 cm³/mol. The monoisotopic (exact) mass is 312 g/mol. The van der Waals surface area contributed by atoms with Gasteiger partial charge in [-0.25, -0.2) is 14.2 Å². The van der Waals surface area contributed by atoms with E-state index in [4.69, 9.17) is 4.74 Å². The minimum atomic E-state index is -0.636. The third kappa shape index (κ3) is 3.13. The number of esters is 1. The van der Waals surface area contributed by atoms with E-state index in [1.807, 2.05) is 0 Å².